The predicted octanol–water partition coefficient (Wildman–Crippen LogP) is 2.55. The highest BCUT2D eigenvalue weighted by molar-refractivity contribution is 5.92. The maximum absolute atomic E-state index is 11.9. The van der Waals surface area contributed by atoms with Gasteiger partial charge < -0.3 is 5.32 Å². The molecule has 1 heterocycles. The van der Waals surface area contributed by atoms with Gasteiger partial charge in [0.05, 0.1) is 11.0 Å². The Morgan fingerprint density at radius 2 is 1.73 bits per heavy atom. The summed E-state index contributed by atoms with van der Waals surface area (Å²) in [7, 11) is 0. The fraction of sp³-hybridized carbons (Fsp3) is 0.769. The van der Waals surface area contributed by atoms with Gasteiger partial charge in [-0.3, -0.25) is 4.79 Å². The van der Waals surface area contributed by atoms with Crippen molar-refractivity contribution in [3.8, 4) is 0 Å². The van der Waals surface area contributed by atoms with Gasteiger partial charge in [0.25, 0.3) is 0 Å². The van der Waals surface area contributed by atoms with Gasteiger partial charge in [0, 0.05) is 0 Å². The topological polar surface area (TPSA) is 29.1 Å². The molecule has 0 radical (unpaired) electrons. The summed E-state index contributed by atoms with van der Waals surface area (Å²) in [5.41, 5.74) is 0.140. The number of hydrogen-bond donors (Lipinski definition) is 1. The van der Waals surface area contributed by atoms with E-state index in [1.807, 2.05) is 0 Å². The van der Waals surface area contributed by atoms with E-state index in [0.717, 1.165) is 19.3 Å². The Hall–Kier alpha value is -0.790. The molecule has 1 aliphatic heterocycles. The first-order valence-corrected chi connectivity index (χ1v) is 6.27. The zero-order valence-electron chi connectivity index (χ0n) is 9.22. The Balaban J connectivity index is 1.96. The van der Waals surface area contributed by atoms with Crippen LogP contribution in [0, 0.1) is 5.41 Å². The summed E-state index contributed by atoms with van der Waals surface area (Å²) < 4.78 is 0. The summed E-state index contributed by atoms with van der Waals surface area (Å²) in [4.78, 5) is 11.9. The quantitative estimate of drug-likeness (QED) is 0.478. The smallest absolute Gasteiger partial charge is 0.229 e. The van der Waals surface area contributed by atoms with E-state index in [2.05, 4.69) is 17.5 Å². The molecule has 1 saturated carbocycles. The van der Waals surface area contributed by atoms with Gasteiger partial charge in [0.15, 0.2) is 0 Å². The average Bonchev–Trinajstić information content (AvgIpc) is 2.20. The van der Waals surface area contributed by atoms with E-state index in [-0.39, 0.29) is 11.0 Å². The fourth-order valence-corrected chi connectivity index (χ4v) is 3.78. The predicted molar refractivity (Wildman–Crippen MR) is 59.4 cm³/mol. The molecule has 2 nitrogen and oxygen atoms in total. The molecule has 15 heavy (non-hydrogen) atoms. The van der Waals surface area contributed by atoms with E-state index in [1.54, 1.807) is 0 Å². The lowest BCUT2D eigenvalue weighted by Crippen LogP contribution is -2.77. The van der Waals surface area contributed by atoms with Crippen LogP contribution >= 0.6 is 0 Å². The van der Waals surface area contributed by atoms with E-state index in [9.17, 15) is 4.79 Å². The lowest BCUT2D eigenvalue weighted by molar-refractivity contribution is -0.160. The lowest BCUT2D eigenvalue weighted by Gasteiger charge is -2.61. The Kier molecular flexibility index (Phi) is 1.95. The van der Waals surface area contributed by atoms with E-state index in [0.29, 0.717) is 5.91 Å². The first-order valence-electron chi connectivity index (χ1n) is 6.27. The van der Waals surface area contributed by atoms with E-state index in [4.69, 9.17) is 0 Å². The molecule has 0 aromatic rings. The molecule has 2 atom stereocenters. The molecule has 0 spiro atoms. The van der Waals surface area contributed by atoms with Crippen molar-refractivity contribution < 1.29 is 4.79 Å². The summed E-state index contributed by atoms with van der Waals surface area (Å²) in [6.07, 6.45) is 14.0. The largest absolute Gasteiger partial charge is 0.349 e. The third-order valence-corrected chi connectivity index (χ3v) is 4.76. The zero-order chi connectivity index (χ0) is 10.4. The number of β-lactam (4-membered cyclic amide) rings is 1. The number of hydrogen-bond acceptors (Lipinski definition) is 1. The minimum absolute atomic E-state index is 0.0117. The number of amides is 1. The van der Waals surface area contributed by atoms with Crippen LogP contribution in [-0.4, -0.2) is 11.4 Å². The van der Waals surface area contributed by atoms with Crippen LogP contribution in [0.15, 0.2) is 12.2 Å². The van der Waals surface area contributed by atoms with Crippen LogP contribution in [0.25, 0.3) is 0 Å². The summed E-state index contributed by atoms with van der Waals surface area (Å²) in [6.45, 7) is 0. The second-order valence-electron chi connectivity index (χ2n) is 5.41. The maximum Gasteiger partial charge on any atom is 0.229 e. The Bertz CT molecular complexity index is 322. The van der Waals surface area contributed by atoms with Crippen LogP contribution in [0.3, 0.4) is 0 Å². The molecule has 3 rings (SSSR count). The van der Waals surface area contributed by atoms with Gasteiger partial charge in [0.2, 0.25) is 5.91 Å². The standard InChI is InChI=1S/C13H19NO/c15-11-12-7-3-1-2-4-9-13(12,14-11)10-6-5-8-12/h5-6H,1-4,7-10H2,(H,14,15). The minimum Gasteiger partial charge on any atom is -0.349 e. The highest BCUT2D eigenvalue weighted by atomic mass is 16.2. The van der Waals surface area contributed by atoms with Crippen molar-refractivity contribution in [1.29, 1.82) is 0 Å². The molecule has 0 bridgehead atoms. The molecule has 2 heteroatoms. The van der Waals surface area contributed by atoms with Crippen LogP contribution in [0.2, 0.25) is 0 Å². The second kappa shape index (κ2) is 3.10. The Labute approximate surface area is 91.1 Å². The normalized spacial score (nSPS) is 44.1. The summed E-state index contributed by atoms with van der Waals surface area (Å²) >= 11 is 0. The first-order chi connectivity index (χ1) is 7.29. The van der Waals surface area contributed by atoms with Gasteiger partial charge in [-0.15, -0.1) is 0 Å². The van der Waals surface area contributed by atoms with Gasteiger partial charge >= 0.3 is 0 Å². The molecular weight excluding hydrogens is 186 g/mol. The van der Waals surface area contributed by atoms with Crippen LogP contribution in [-0.2, 0) is 4.79 Å². The molecule has 1 amide bonds. The summed E-state index contributed by atoms with van der Waals surface area (Å²) in [6, 6.07) is 0. The molecule has 2 unspecified atom stereocenters. The number of carbonyl (C=O) groups is 1. The zero-order valence-corrected chi connectivity index (χ0v) is 9.22. The molecule has 2 fully saturated rings. The lowest BCUT2D eigenvalue weighted by atomic mass is 9.52. The molecule has 0 aromatic heterocycles. The van der Waals surface area contributed by atoms with Crippen molar-refractivity contribution >= 4 is 5.91 Å². The summed E-state index contributed by atoms with van der Waals surface area (Å²) in [5, 5.41) is 3.23. The molecule has 2 aliphatic carbocycles. The van der Waals surface area contributed by atoms with Crippen LogP contribution in [0.4, 0.5) is 0 Å². The van der Waals surface area contributed by atoms with E-state index >= 15 is 0 Å². The molecule has 1 N–H and O–H groups in total. The van der Waals surface area contributed by atoms with Gasteiger partial charge in [-0.05, 0) is 25.7 Å². The number of nitrogens with one attached hydrogen (secondary N) is 1. The highest BCUT2D eigenvalue weighted by Crippen LogP contribution is 2.55. The van der Waals surface area contributed by atoms with Gasteiger partial charge in [-0.25, -0.2) is 0 Å². The number of carbonyl (C=O) groups excluding carboxylic acids is 1. The Morgan fingerprint density at radius 3 is 2.53 bits per heavy atom. The van der Waals surface area contributed by atoms with E-state index in [1.165, 1.54) is 32.1 Å². The molecule has 82 valence electrons. The molecule has 3 aliphatic rings. The second-order valence-corrected chi connectivity index (χ2v) is 5.41. The maximum atomic E-state index is 11.9. The van der Waals surface area contributed by atoms with Crippen molar-refractivity contribution in [1.82, 2.24) is 5.32 Å². The van der Waals surface area contributed by atoms with Crippen molar-refractivity contribution in [2.24, 2.45) is 5.41 Å². The monoisotopic (exact) mass is 205 g/mol. The molecule has 0 aromatic carbocycles. The van der Waals surface area contributed by atoms with Crippen molar-refractivity contribution in [2.45, 2.75) is 56.9 Å². The van der Waals surface area contributed by atoms with E-state index < -0.39 is 0 Å². The van der Waals surface area contributed by atoms with Gasteiger partial charge in [-0.1, -0.05) is 37.8 Å². The first kappa shape index (κ1) is 9.44. The van der Waals surface area contributed by atoms with Gasteiger partial charge in [-0.2, -0.15) is 0 Å². The highest BCUT2D eigenvalue weighted by Gasteiger charge is 2.64. The average molecular weight is 205 g/mol. The van der Waals surface area contributed by atoms with Crippen LogP contribution in [0.1, 0.15) is 51.4 Å². The van der Waals surface area contributed by atoms with Gasteiger partial charge in [0.1, 0.15) is 0 Å². The number of rotatable bonds is 0. The number of allylic oxidation sites excluding steroid dienone is 1. The van der Waals surface area contributed by atoms with Crippen LogP contribution < -0.4 is 5.32 Å². The summed E-state index contributed by atoms with van der Waals surface area (Å²) in [5.74, 6) is 0.328. The third kappa shape index (κ3) is 1.08. The molecule has 1 saturated heterocycles. The fourth-order valence-electron chi connectivity index (χ4n) is 3.78. The molecular formula is C13H19NO. The Morgan fingerprint density at radius 1 is 1.00 bits per heavy atom. The minimum atomic E-state index is -0.0117. The van der Waals surface area contributed by atoms with Crippen molar-refractivity contribution in [3.63, 3.8) is 0 Å². The van der Waals surface area contributed by atoms with Crippen molar-refractivity contribution in [3.05, 3.63) is 12.2 Å². The third-order valence-electron chi connectivity index (χ3n) is 4.76. The van der Waals surface area contributed by atoms with Crippen molar-refractivity contribution in [2.75, 3.05) is 0 Å². The van der Waals surface area contributed by atoms with Crippen LogP contribution in [0.5, 0.6) is 0 Å². The SMILES string of the molecule is O=C1NC23CC=CCC12CCCCCC3.